The number of hydrogen-bond acceptors (Lipinski definition) is 7. The standard InChI is InChI=1S/C35H38ClN5O3S2/c1-24-11-13-27(36)14-12-26-21-39(2)34(35(42)43)32(26)10-7-16-44-33-20-30(18-25-8-5-6-9-31(25)33)46-23-29-19-28(38-41(29)4)22-45-17-15-37-40(24)3/h5-6,8-9,11-15,18-21H,7,10,16-17,22-23H2,1-4H3,(H,42,43)/b14-12-,24-11+,27-13-,37-15+. The molecule has 4 aromatic rings. The first-order chi connectivity index (χ1) is 22.2. The van der Waals surface area contributed by atoms with E-state index in [1.807, 2.05) is 68.5 Å². The molecular weight excluding hydrogens is 638 g/mol. The lowest BCUT2D eigenvalue weighted by Gasteiger charge is -2.13. The van der Waals surface area contributed by atoms with Gasteiger partial charge in [-0.25, -0.2) is 4.79 Å². The van der Waals surface area contributed by atoms with E-state index >= 15 is 0 Å². The van der Waals surface area contributed by atoms with Crippen LogP contribution in [0.5, 0.6) is 5.75 Å². The molecule has 3 heterocycles. The number of nitrogens with zero attached hydrogens (tertiary/aromatic N) is 5. The van der Waals surface area contributed by atoms with Gasteiger partial charge in [0.1, 0.15) is 11.4 Å². The summed E-state index contributed by atoms with van der Waals surface area (Å²) < 4.78 is 9.99. The van der Waals surface area contributed by atoms with Crippen LogP contribution in [0.1, 0.15) is 46.3 Å². The summed E-state index contributed by atoms with van der Waals surface area (Å²) in [6.07, 6.45) is 12.3. The molecule has 4 bridgehead atoms. The largest absolute Gasteiger partial charge is 0.493 e. The zero-order valence-corrected chi connectivity index (χ0v) is 28.8. The summed E-state index contributed by atoms with van der Waals surface area (Å²) in [6.45, 7) is 2.41. The highest BCUT2D eigenvalue weighted by molar-refractivity contribution is 7.99. The van der Waals surface area contributed by atoms with Gasteiger partial charge in [0.05, 0.1) is 12.3 Å². The lowest BCUT2D eigenvalue weighted by atomic mass is 10.0. The second-order valence-electron chi connectivity index (χ2n) is 11.0. The number of aryl methyl sites for hydroxylation is 2. The average molecular weight is 676 g/mol. The number of benzene rings is 2. The Morgan fingerprint density at radius 1 is 1.07 bits per heavy atom. The third-order valence-corrected chi connectivity index (χ3v) is 9.82. The van der Waals surface area contributed by atoms with Crippen LogP contribution >= 0.6 is 35.1 Å². The van der Waals surface area contributed by atoms with Crippen LogP contribution in [0.4, 0.5) is 0 Å². The second-order valence-corrected chi connectivity index (χ2v) is 13.5. The summed E-state index contributed by atoms with van der Waals surface area (Å²) in [5.41, 5.74) is 4.96. The minimum absolute atomic E-state index is 0.267. The number of fused-ring (bicyclic) bond motifs is 7. The van der Waals surface area contributed by atoms with Crippen LogP contribution in [0.25, 0.3) is 16.8 Å². The molecular formula is C35H38ClN5O3S2. The maximum absolute atomic E-state index is 12.2. The van der Waals surface area contributed by atoms with Crippen molar-refractivity contribution in [2.45, 2.75) is 36.2 Å². The third-order valence-electron chi connectivity index (χ3n) is 7.68. The molecule has 1 N–H and O–H groups in total. The van der Waals surface area contributed by atoms with Gasteiger partial charge in [-0.2, -0.15) is 10.2 Å². The van der Waals surface area contributed by atoms with E-state index in [1.165, 1.54) is 0 Å². The van der Waals surface area contributed by atoms with E-state index in [1.54, 1.807) is 46.2 Å². The number of rotatable bonds is 1. The highest BCUT2D eigenvalue weighted by Crippen LogP contribution is 2.34. The lowest BCUT2D eigenvalue weighted by molar-refractivity contribution is 0.0685. The van der Waals surface area contributed by atoms with Crippen molar-refractivity contribution < 1.29 is 14.6 Å². The molecule has 0 unspecified atom stereocenters. The van der Waals surface area contributed by atoms with E-state index in [4.69, 9.17) is 21.4 Å². The molecule has 0 spiro atoms. The molecule has 0 fully saturated rings. The zero-order chi connectivity index (χ0) is 32.6. The van der Waals surface area contributed by atoms with E-state index in [2.05, 4.69) is 35.4 Å². The molecule has 5 rings (SSSR count). The number of thioether (sulfide) groups is 2. The molecule has 46 heavy (non-hydrogen) atoms. The van der Waals surface area contributed by atoms with Gasteiger partial charge in [-0.15, -0.1) is 23.5 Å². The van der Waals surface area contributed by atoms with Crippen molar-refractivity contribution >= 4 is 64.2 Å². The quantitative estimate of drug-likeness (QED) is 0.218. The molecule has 0 radical (unpaired) electrons. The number of hydrogen-bond donors (Lipinski definition) is 1. The van der Waals surface area contributed by atoms with Gasteiger partial charge in [-0.3, -0.25) is 9.69 Å². The van der Waals surface area contributed by atoms with Gasteiger partial charge >= 0.3 is 5.97 Å². The minimum atomic E-state index is -0.962. The van der Waals surface area contributed by atoms with Gasteiger partial charge in [-0.1, -0.05) is 41.9 Å². The number of allylic oxidation sites excluding steroid dienone is 5. The zero-order valence-electron chi connectivity index (χ0n) is 26.4. The first-order valence-corrected chi connectivity index (χ1v) is 17.5. The van der Waals surface area contributed by atoms with Gasteiger partial charge in [0.15, 0.2) is 0 Å². The molecule has 8 nitrogen and oxygen atoms in total. The molecule has 0 amide bonds. The summed E-state index contributed by atoms with van der Waals surface area (Å²) in [6, 6.07) is 14.7. The SMILES string of the molecule is C\C1=C/C=C(Cl)/C=C\c2cn(C)c(C(=O)O)c2CCCOc2cc(cc3ccccc23)SCc2cc(nn2C)CSC/C=N/N1C. The number of carboxylic acids is 1. The summed E-state index contributed by atoms with van der Waals surface area (Å²) in [5, 5.41) is 23.7. The number of aromatic carboxylic acids is 1. The van der Waals surface area contributed by atoms with Crippen molar-refractivity contribution in [1.82, 2.24) is 19.4 Å². The maximum Gasteiger partial charge on any atom is 0.352 e. The lowest BCUT2D eigenvalue weighted by Crippen LogP contribution is -2.08. The molecule has 2 aromatic heterocycles. The minimum Gasteiger partial charge on any atom is -0.493 e. The number of carbonyl (C=O) groups is 1. The Balaban J connectivity index is 1.44. The predicted molar refractivity (Wildman–Crippen MR) is 192 cm³/mol. The molecule has 0 saturated heterocycles. The fourth-order valence-corrected chi connectivity index (χ4v) is 6.95. The smallest absolute Gasteiger partial charge is 0.352 e. The number of halogens is 1. The number of aromatic nitrogens is 3. The van der Waals surface area contributed by atoms with Crippen LogP contribution in [0.2, 0.25) is 0 Å². The Morgan fingerprint density at radius 3 is 2.72 bits per heavy atom. The Labute approximate surface area is 283 Å². The Kier molecular flexibility index (Phi) is 11.4. The van der Waals surface area contributed by atoms with Gasteiger partial charge in [0.25, 0.3) is 0 Å². The van der Waals surface area contributed by atoms with Crippen molar-refractivity contribution in [1.29, 1.82) is 0 Å². The predicted octanol–water partition coefficient (Wildman–Crippen LogP) is 8.12. The van der Waals surface area contributed by atoms with Crippen LogP contribution < -0.4 is 4.74 Å². The highest BCUT2D eigenvalue weighted by Gasteiger charge is 2.18. The van der Waals surface area contributed by atoms with Crippen molar-refractivity contribution in [3.63, 3.8) is 0 Å². The van der Waals surface area contributed by atoms with Crippen molar-refractivity contribution in [3.8, 4) is 5.75 Å². The maximum atomic E-state index is 12.2. The van der Waals surface area contributed by atoms with Crippen molar-refractivity contribution in [3.05, 3.63) is 106 Å². The van der Waals surface area contributed by atoms with E-state index in [0.717, 1.165) is 66.9 Å². The van der Waals surface area contributed by atoms with Crippen LogP contribution in [-0.2, 0) is 32.0 Å². The van der Waals surface area contributed by atoms with Crippen LogP contribution in [0.3, 0.4) is 0 Å². The summed E-state index contributed by atoms with van der Waals surface area (Å²) in [5.74, 6) is 2.21. The highest BCUT2D eigenvalue weighted by atomic mass is 35.5. The van der Waals surface area contributed by atoms with E-state index in [-0.39, 0.29) is 5.69 Å². The fourth-order valence-electron chi connectivity index (χ4n) is 5.20. The summed E-state index contributed by atoms with van der Waals surface area (Å²) >= 11 is 10.1. The summed E-state index contributed by atoms with van der Waals surface area (Å²) in [7, 11) is 5.64. The van der Waals surface area contributed by atoms with Crippen LogP contribution in [0.15, 0.2) is 87.6 Å². The molecule has 11 heteroatoms. The molecule has 2 aromatic carbocycles. The van der Waals surface area contributed by atoms with Crippen molar-refractivity contribution in [2.24, 2.45) is 19.2 Å². The third kappa shape index (κ3) is 8.48. The van der Waals surface area contributed by atoms with Crippen LogP contribution in [-0.4, -0.2) is 56.1 Å². The molecule has 0 saturated carbocycles. The number of ether oxygens (including phenoxy) is 1. The Bertz CT molecular complexity index is 1840. The molecule has 240 valence electrons. The molecule has 1 aliphatic rings. The fraction of sp³-hybridized carbons (Fsp3) is 0.286. The van der Waals surface area contributed by atoms with E-state index in [0.29, 0.717) is 24.5 Å². The number of hydrazone groups is 1. The first kappa shape index (κ1) is 33.5. The van der Waals surface area contributed by atoms with E-state index in [9.17, 15) is 9.90 Å². The van der Waals surface area contributed by atoms with Gasteiger partial charge in [0, 0.05) is 77.5 Å². The van der Waals surface area contributed by atoms with Crippen LogP contribution in [0, 0.1) is 0 Å². The Morgan fingerprint density at radius 2 is 1.89 bits per heavy atom. The average Bonchev–Trinajstić information content (AvgIpc) is 3.56. The van der Waals surface area contributed by atoms with Gasteiger partial charge < -0.3 is 14.4 Å². The molecule has 1 aliphatic heterocycles. The molecule has 0 aliphatic carbocycles. The van der Waals surface area contributed by atoms with Crippen molar-refractivity contribution in [2.75, 3.05) is 19.4 Å². The van der Waals surface area contributed by atoms with E-state index < -0.39 is 5.97 Å². The van der Waals surface area contributed by atoms with Gasteiger partial charge in [-0.05, 0) is 72.7 Å². The molecule has 0 atom stereocenters. The van der Waals surface area contributed by atoms with Gasteiger partial charge in [0.2, 0.25) is 0 Å². The normalized spacial score (nSPS) is 19.3. The second kappa shape index (κ2) is 15.6. The topological polar surface area (TPSA) is 84.9 Å². The number of carboxylic acid groups (broad SMARTS) is 1. The monoisotopic (exact) mass is 675 g/mol. The first-order valence-electron chi connectivity index (χ1n) is 15.0. The summed E-state index contributed by atoms with van der Waals surface area (Å²) in [4.78, 5) is 13.3. The Hall–Kier alpha value is -3.86.